The lowest BCUT2D eigenvalue weighted by Gasteiger charge is -2.31. The summed E-state index contributed by atoms with van der Waals surface area (Å²) < 4.78 is 0. The van der Waals surface area contributed by atoms with Crippen LogP contribution in [-0.2, 0) is 0 Å². The van der Waals surface area contributed by atoms with Crippen molar-refractivity contribution < 1.29 is 10.0 Å². The first-order valence-electron chi connectivity index (χ1n) is 6.62. The average Bonchev–Trinajstić information content (AvgIpc) is 2.47. The van der Waals surface area contributed by atoms with Gasteiger partial charge in [-0.05, 0) is 18.9 Å². The molecule has 1 saturated heterocycles. The summed E-state index contributed by atoms with van der Waals surface area (Å²) in [4.78, 5) is 17.0. The van der Waals surface area contributed by atoms with Crippen LogP contribution >= 0.6 is 0 Å². The third kappa shape index (κ3) is 2.18. The van der Waals surface area contributed by atoms with Gasteiger partial charge in [0, 0.05) is 18.5 Å². The van der Waals surface area contributed by atoms with E-state index in [1.54, 1.807) is 0 Å². The van der Waals surface area contributed by atoms with E-state index in [0.717, 1.165) is 10.9 Å². The number of aliphatic hydroxyl groups excluding tert-OH is 1. The summed E-state index contributed by atoms with van der Waals surface area (Å²) in [6.45, 7) is 1.24. The SMILES string of the molecule is O=[N+]([O-])c1cnc2ccccc2c1N1CCC(O)CC1. The normalized spacial score (nSPS) is 16.6. The number of para-hydroxylation sites is 1. The van der Waals surface area contributed by atoms with Crippen LogP contribution < -0.4 is 4.90 Å². The third-order valence-corrected chi connectivity index (χ3v) is 3.71. The molecule has 2 aromatic rings. The summed E-state index contributed by atoms with van der Waals surface area (Å²) in [5, 5.41) is 21.6. The van der Waals surface area contributed by atoms with Gasteiger partial charge in [0.25, 0.3) is 0 Å². The van der Waals surface area contributed by atoms with Crippen molar-refractivity contribution in [3.05, 3.63) is 40.6 Å². The van der Waals surface area contributed by atoms with Gasteiger partial charge in [-0.3, -0.25) is 10.1 Å². The lowest BCUT2D eigenvalue weighted by atomic mass is 10.1. The summed E-state index contributed by atoms with van der Waals surface area (Å²) in [5.41, 5.74) is 1.40. The van der Waals surface area contributed by atoms with Crippen molar-refractivity contribution in [2.24, 2.45) is 0 Å². The van der Waals surface area contributed by atoms with E-state index in [2.05, 4.69) is 4.98 Å². The summed E-state index contributed by atoms with van der Waals surface area (Å²) in [5.74, 6) is 0. The molecule has 0 radical (unpaired) electrons. The number of pyridine rings is 1. The molecule has 1 aromatic heterocycles. The van der Waals surface area contributed by atoms with Crippen molar-refractivity contribution in [1.29, 1.82) is 0 Å². The van der Waals surface area contributed by atoms with Gasteiger partial charge >= 0.3 is 5.69 Å². The Kier molecular flexibility index (Phi) is 3.23. The van der Waals surface area contributed by atoms with E-state index in [0.29, 0.717) is 31.6 Å². The van der Waals surface area contributed by atoms with Gasteiger partial charge in [0.1, 0.15) is 11.9 Å². The molecule has 3 rings (SSSR count). The first kappa shape index (κ1) is 12.8. The molecule has 0 aliphatic carbocycles. The number of aliphatic hydroxyl groups is 1. The van der Waals surface area contributed by atoms with Gasteiger partial charge in [0.2, 0.25) is 0 Å². The number of aromatic nitrogens is 1. The molecule has 1 aliphatic rings. The Balaban J connectivity index is 2.15. The fourth-order valence-corrected chi connectivity index (χ4v) is 2.67. The van der Waals surface area contributed by atoms with Crippen LogP contribution in [0.5, 0.6) is 0 Å². The standard InChI is InChI=1S/C14H15N3O3/c18-10-5-7-16(8-6-10)14-11-3-1-2-4-12(11)15-9-13(14)17(19)20/h1-4,9-10,18H,5-8H2. The van der Waals surface area contributed by atoms with Crippen molar-refractivity contribution in [1.82, 2.24) is 4.98 Å². The maximum Gasteiger partial charge on any atom is 0.311 e. The zero-order valence-corrected chi connectivity index (χ0v) is 10.9. The summed E-state index contributed by atoms with van der Waals surface area (Å²) >= 11 is 0. The summed E-state index contributed by atoms with van der Waals surface area (Å²) in [6.07, 6.45) is 2.28. The monoisotopic (exact) mass is 273 g/mol. The van der Waals surface area contributed by atoms with Crippen LogP contribution in [0, 0.1) is 10.1 Å². The number of piperidine rings is 1. The molecule has 6 nitrogen and oxygen atoms in total. The summed E-state index contributed by atoms with van der Waals surface area (Å²) in [6, 6.07) is 7.43. The number of hydrogen-bond acceptors (Lipinski definition) is 5. The van der Waals surface area contributed by atoms with Crippen molar-refractivity contribution in [3.8, 4) is 0 Å². The molecule has 2 heterocycles. The second kappa shape index (κ2) is 5.05. The molecule has 1 aliphatic heterocycles. The van der Waals surface area contributed by atoms with Crippen LogP contribution in [-0.4, -0.2) is 34.2 Å². The van der Waals surface area contributed by atoms with E-state index in [1.165, 1.54) is 6.20 Å². The second-order valence-corrected chi connectivity index (χ2v) is 4.98. The molecule has 0 bridgehead atoms. The van der Waals surface area contributed by atoms with Crippen LogP contribution in [0.15, 0.2) is 30.5 Å². The van der Waals surface area contributed by atoms with Crippen LogP contribution in [0.1, 0.15) is 12.8 Å². The van der Waals surface area contributed by atoms with Gasteiger partial charge in [-0.2, -0.15) is 0 Å². The minimum Gasteiger partial charge on any atom is -0.393 e. The van der Waals surface area contributed by atoms with E-state index in [4.69, 9.17) is 0 Å². The largest absolute Gasteiger partial charge is 0.393 e. The highest BCUT2D eigenvalue weighted by Gasteiger charge is 2.26. The lowest BCUT2D eigenvalue weighted by molar-refractivity contribution is -0.384. The van der Waals surface area contributed by atoms with E-state index in [1.807, 2.05) is 29.2 Å². The van der Waals surface area contributed by atoms with Crippen LogP contribution in [0.2, 0.25) is 0 Å². The van der Waals surface area contributed by atoms with E-state index < -0.39 is 0 Å². The fourth-order valence-electron chi connectivity index (χ4n) is 2.67. The van der Waals surface area contributed by atoms with Crippen LogP contribution in [0.3, 0.4) is 0 Å². The Morgan fingerprint density at radius 3 is 2.70 bits per heavy atom. The highest BCUT2D eigenvalue weighted by molar-refractivity contribution is 5.96. The summed E-state index contributed by atoms with van der Waals surface area (Å²) in [7, 11) is 0. The molecule has 1 fully saturated rings. The average molecular weight is 273 g/mol. The molecular formula is C14H15N3O3. The number of nitrogens with zero attached hydrogens (tertiary/aromatic N) is 3. The van der Waals surface area contributed by atoms with Gasteiger partial charge in [-0.15, -0.1) is 0 Å². The number of nitro groups is 1. The molecule has 0 spiro atoms. The lowest BCUT2D eigenvalue weighted by Crippen LogP contribution is -2.36. The number of fused-ring (bicyclic) bond motifs is 1. The van der Waals surface area contributed by atoms with E-state index in [9.17, 15) is 15.2 Å². The van der Waals surface area contributed by atoms with Crippen molar-refractivity contribution in [2.75, 3.05) is 18.0 Å². The molecule has 0 atom stereocenters. The van der Waals surface area contributed by atoms with E-state index in [-0.39, 0.29) is 16.7 Å². The Labute approximate surface area is 115 Å². The zero-order valence-electron chi connectivity index (χ0n) is 10.9. The van der Waals surface area contributed by atoms with Gasteiger partial charge in [0.05, 0.1) is 16.5 Å². The Morgan fingerprint density at radius 2 is 2.00 bits per heavy atom. The quantitative estimate of drug-likeness (QED) is 0.669. The predicted octanol–water partition coefficient (Wildman–Crippen LogP) is 2.10. The van der Waals surface area contributed by atoms with Crippen LogP contribution in [0.4, 0.5) is 11.4 Å². The highest BCUT2D eigenvalue weighted by Crippen LogP contribution is 2.36. The molecule has 6 heteroatoms. The number of benzene rings is 1. The number of rotatable bonds is 2. The maximum atomic E-state index is 11.3. The first-order chi connectivity index (χ1) is 9.66. The first-order valence-corrected chi connectivity index (χ1v) is 6.62. The third-order valence-electron chi connectivity index (χ3n) is 3.71. The van der Waals surface area contributed by atoms with Gasteiger partial charge in [-0.1, -0.05) is 18.2 Å². The molecule has 1 aromatic carbocycles. The van der Waals surface area contributed by atoms with Crippen molar-refractivity contribution in [3.63, 3.8) is 0 Å². The number of anilines is 1. The molecule has 1 N–H and O–H groups in total. The number of hydrogen-bond donors (Lipinski definition) is 1. The van der Waals surface area contributed by atoms with Crippen molar-refractivity contribution >= 4 is 22.3 Å². The van der Waals surface area contributed by atoms with E-state index >= 15 is 0 Å². The second-order valence-electron chi connectivity index (χ2n) is 4.98. The van der Waals surface area contributed by atoms with Crippen molar-refractivity contribution in [2.45, 2.75) is 18.9 Å². The Bertz CT molecular complexity index is 651. The van der Waals surface area contributed by atoms with Gasteiger partial charge in [-0.25, -0.2) is 4.98 Å². The molecule has 20 heavy (non-hydrogen) atoms. The minimum atomic E-state index is -0.389. The minimum absolute atomic E-state index is 0.0279. The maximum absolute atomic E-state index is 11.3. The highest BCUT2D eigenvalue weighted by atomic mass is 16.6. The molecular weight excluding hydrogens is 258 g/mol. The Hall–Kier alpha value is -2.21. The molecule has 0 unspecified atom stereocenters. The predicted molar refractivity (Wildman–Crippen MR) is 75.9 cm³/mol. The van der Waals surface area contributed by atoms with Gasteiger partial charge in [0.15, 0.2) is 0 Å². The molecule has 104 valence electrons. The van der Waals surface area contributed by atoms with Gasteiger partial charge < -0.3 is 10.0 Å². The fraction of sp³-hybridized carbons (Fsp3) is 0.357. The molecule has 0 amide bonds. The molecule has 0 saturated carbocycles. The zero-order chi connectivity index (χ0) is 14.1. The van der Waals surface area contributed by atoms with Crippen LogP contribution in [0.25, 0.3) is 10.9 Å². The topological polar surface area (TPSA) is 79.5 Å². The Morgan fingerprint density at radius 1 is 1.30 bits per heavy atom. The smallest absolute Gasteiger partial charge is 0.311 e.